The van der Waals surface area contributed by atoms with Gasteiger partial charge < -0.3 is 15.4 Å². The number of benzene rings is 1. The summed E-state index contributed by atoms with van der Waals surface area (Å²) in [5, 5.41) is 16.4. The number of nitro groups is 1. The first kappa shape index (κ1) is 19.2. The molecule has 25 heavy (non-hydrogen) atoms. The molecule has 138 valence electrons. The number of amides is 1. The van der Waals surface area contributed by atoms with Crippen molar-refractivity contribution in [1.29, 1.82) is 0 Å². The number of rotatable bonds is 7. The van der Waals surface area contributed by atoms with Crippen LogP contribution in [0, 0.1) is 10.1 Å². The van der Waals surface area contributed by atoms with Crippen molar-refractivity contribution >= 4 is 21.6 Å². The number of sulfonamides is 1. The Labute approximate surface area is 145 Å². The second-order valence-electron chi connectivity index (χ2n) is 5.45. The van der Waals surface area contributed by atoms with Gasteiger partial charge in [0.05, 0.1) is 22.5 Å². The standard InChI is InChI=1S/C14H20N4O6S/c1-10-13(15-7-8-24-10)14(19)16-5-6-17-25(22,23)12-4-2-3-11(9-12)18(20)21/h2-4,9-10,13,15,17H,5-8H2,1H3,(H,16,19)/t10-,13+/m1/s1. The first-order valence-electron chi connectivity index (χ1n) is 7.68. The van der Waals surface area contributed by atoms with Crippen molar-refractivity contribution in [1.82, 2.24) is 15.4 Å². The van der Waals surface area contributed by atoms with Crippen molar-refractivity contribution in [2.75, 3.05) is 26.2 Å². The van der Waals surface area contributed by atoms with Crippen LogP contribution in [0.1, 0.15) is 6.92 Å². The Kier molecular flexibility index (Phi) is 6.42. The highest BCUT2D eigenvalue weighted by atomic mass is 32.2. The smallest absolute Gasteiger partial charge is 0.270 e. The maximum Gasteiger partial charge on any atom is 0.270 e. The highest BCUT2D eigenvalue weighted by Crippen LogP contribution is 2.16. The number of nitro benzene ring substituents is 1. The summed E-state index contributed by atoms with van der Waals surface area (Å²) in [7, 11) is -3.90. The lowest BCUT2D eigenvalue weighted by Gasteiger charge is -2.29. The number of nitrogens with one attached hydrogen (secondary N) is 3. The topological polar surface area (TPSA) is 140 Å². The van der Waals surface area contributed by atoms with Gasteiger partial charge in [-0.15, -0.1) is 0 Å². The second-order valence-corrected chi connectivity index (χ2v) is 7.22. The van der Waals surface area contributed by atoms with E-state index in [1.807, 2.05) is 0 Å². The molecule has 2 atom stereocenters. The van der Waals surface area contributed by atoms with Gasteiger partial charge in [-0.05, 0) is 13.0 Å². The van der Waals surface area contributed by atoms with Crippen LogP contribution in [-0.2, 0) is 19.6 Å². The van der Waals surface area contributed by atoms with Gasteiger partial charge in [0.2, 0.25) is 15.9 Å². The summed E-state index contributed by atoms with van der Waals surface area (Å²) in [6.45, 7) is 2.92. The highest BCUT2D eigenvalue weighted by molar-refractivity contribution is 7.89. The predicted molar refractivity (Wildman–Crippen MR) is 88.5 cm³/mol. The Morgan fingerprint density at radius 1 is 1.44 bits per heavy atom. The fourth-order valence-corrected chi connectivity index (χ4v) is 3.43. The molecular formula is C14H20N4O6S. The number of nitrogens with zero attached hydrogens (tertiary/aromatic N) is 1. The minimum absolute atomic E-state index is 0.0429. The molecule has 3 N–H and O–H groups in total. The summed E-state index contributed by atoms with van der Waals surface area (Å²) in [4.78, 5) is 21.9. The van der Waals surface area contributed by atoms with E-state index in [2.05, 4.69) is 15.4 Å². The SMILES string of the molecule is C[C@H]1OCCN[C@@H]1C(=O)NCCNS(=O)(=O)c1cccc([N+](=O)[O-])c1. The quantitative estimate of drug-likeness (QED) is 0.329. The summed E-state index contributed by atoms with van der Waals surface area (Å²) in [6, 6.07) is 4.26. The van der Waals surface area contributed by atoms with Gasteiger partial charge in [0, 0.05) is 31.8 Å². The Hall–Kier alpha value is -2.08. The van der Waals surface area contributed by atoms with E-state index >= 15 is 0 Å². The lowest BCUT2D eigenvalue weighted by Crippen LogP contribution is -2.56. The summed E-state index contributed by atoms with van der Waals surface area (Å²) in [6.07, 6.45) is -0.268. The van der Waals surface area contributed by atoms with Crippen molar-refractivity contribution in [3.63, 3.8) is 0 Å². The summed E-state index contributed by atoms with van der Waals surface area (Å²) in [5.74, 6) is -0.276. The van der Waals surface area contributed by atoms with Crippen molar-refractivity contribution in [3.8, 4) is 0 Å². The van der Waals surface area contributed by atoms with Gasteiger partial charge in [-0.3, -0.25) is 14.9 Å². The molecule has 11 heteroatoms. The van der Waals surface area contributed by atoms with Crippen molar-refractivity contribution in [3.05, 3.63) is 34.4 Å². The minimum atomic E-state index is -3.90. The number of non-ortho nitro benzene ring substituents is 1. The van der Waals surface area contributed by atoms with Crippen LogP contribution in [0.4, 0.5) is 5.69 Å². The molecule has 0 aliphatic carbocycles. The Balaban J connectivity index is 1.85. The van der Waals surface area contributed by atoms with Gasteiger partial charge in [0.1, 0.15) is 6.04 Å². The monoisotopic (exact) mass is 372 g/mol. The van der Waals surface area contributed by atoms with Crippen molar-refractivity contribution in [2.24, 2.45) is 0 Å². The second kappa shape index (κ2) is 8.34. The first-order valence-corrected chi connectivity index (χ1v) is 9.16. The van der Waals surface area contributed by atoms with Crippen LogP contribution in [0.5, 0.6) is 0 Å². The van der Waals surface area contributed by atoms with Crippen LogP contribution in [0.2, 0.25) is 0 Å². The molecule has 0 radical (unpaired) electrons. The average molecular weight is 372 g/mol. The number of carbonyl (C=O) groups excluding carboxylic acids is 1. The lowest BCUT2D eigenvalue weighted by atomic mass is 10.1. The van der Waals surface area contributed by atoms with Crippen LogP contribution in [-0.4, -0.2) is 57.6 Å². The third kappa shape index (κ3) is 5.19. The van der Waals surface area contributed by atoms with Gasteiger partial charge in [-0.1, -0.05) is 6.07 Å². The molecule has 0 saturated carbocycles. The average Bonchev–Trinajstić information content (AvgIpc) is 2.59. The van der Waals surface area contributed by atoms with Crippen LogP contribution < -0.4 is 15.4 Å². The molecule has 1 aliphatic heterocycles. The van der Waals surface area contributed by atoms with Crippen LogP contribution >= 0.6 is 0 Å². The molecule has 1 amide bonds. The highest BCUT2D eigenvalue weighted by Gasteiger charge is 2.28. The van der Waals surface area contributed by atoms with E-state index in [0.717, 1.165) is 6.07 Å². The number of morpholine rings is 1. The summed E-state index contributed by atoms with van der Waals surface area (Å²) in [5.41, 5.74) is -0.312. The zero-order chi connectivity index (χ0) is 18.4. The van der Waals surface area contributed by atoms with Crippen LogP contribution in [0.3, 0.4) is 0 Å². The number of hydrogen-bond donors (Lipinski definition) is 3. The number of hydrogen-bond acceptors (Lipinski definition) is 7. The van der Waals surface area contributed by atoms with E-state index < -0.39 is 21.0 Å². The third-order valence-corrected chi connectivity index (χ3v) is 5.11. The van der Waals surface area contributed by atoms with Gasteiger partial charge >= 0.3 is 0 Å². The van der Waals surface area contributed by atoms with E-state index in [0.29, 0.717) is 13.2 Å². The van der Waals surface area contributed by atoms with Crippen molar-refractivity contribution < 1.29 is 22.9 Å². The fraction of sp³-hybridized carbons (Fsp3) is 0.500. The summed E-state index contributed by atoms with van der Waals surface area (Å²) < 4.78 is 31.9. The molecule has 1 aliphatic rings. The van der Waals surface area contributed by atoms with Crippen LogP contribution in [0.15, 0.2) is 29.2 Å². The molecule has 0 unspecified atom stereocenters. The Bertz CT molecular complexity index is 739. The van der Waals surface area contributed by atoms with Gasteiger partial charge in [-0.2, -0.15) is 0 Å². The zero-order valence-electron chi connectivity index (χ0n) is 13.6. The van der Waals surface area contributed by atoms with E-state index in [4.69, 9.17) is 4.74 Å². The minimum Gasteiger partial charge on any atom is -0.375 e. The molecule has 1 aromatic rings. The fourth-order valence-electron chi connectivity index (χ4n) is 2.36. The van der Waals surface area contributed by atoms with E-state index in [-0.39, 0.29) is 35.7 Å². The summed E-state index contributed by atoms with van der Waals surface area (Å²) >= 11 is 0. The molecular weight excluding hydrogens is 352 g/mol. The number of ether oxygens (including phenoxy) is 1. The largest absolute Gasteiger partial charge is 0.375 e. The molecule has 1 saturated heterocycles. The zero-order valence-corrected chi connectivity index (χ0v) is 14.4. The molecule has 2 rings (SSSR count). The molecule has 10 nitrogen and oxygen atoms in total. The van der Waals surface area contributed by atoms with E-state index in [9.17, 15) is 23.3 Å². The van der Waals surface area contributed by atoms with Gasteiger partial charge in [-0.25, -0.2) is 13.1 Å². The van der Waals surface area contributed by atoms with Crippen LogP contribution in [0.25, 0.3) is 0 Å². The molecule has 0 spiro atoms. The molecule has 1 heterocycles. The predicted octanol–water partition coefficient (Wildman–Crippen LogP) is -0.634. The molecule has 1 aromatic carbocycles. The lowest BCUT2D eigenvalue weighted by molar-refractivity contribution is -0.385. The maximum absolute atomic E-state index is 12.1. The first-order chi connectivity index (χ1) is 11.8. The third-order valence-electron chi connectivity index (χ3n) is 3.65. The Morgan fingerprint density at radius 2 is 2.20 bits per heavy atom. The maximum atomic E-state index is 12.1. The number of carbonyl (C=O) groups is 1. The van der Waals surface area contributed by atoms with Gasteiger partial charge in [0.25, 0.3) is 5.69 Å². The van der Waals surface area contributed by atoms with E-state index in [1.165, 1.54) is 18.2 Å². The molecule has 0 bridgehead atoms. The normalized spacial score (nSPS) is 20.8. The molecule has 0 aromatic heterocycles. The van der Waals surface area contributed by atoms with Gasteiger partial charge in [0.15, 0.2) is 0 Å². The molecule has 1 fully saturated rings. The Morgan fingerprint density at radius 3 is 2.88 bits per heavy atom. The van der Waals surface area contributed by atoms with Crippen molar-refractivity contribution in [2.45, 2.75) is 24.0 Å². The van der Waals surface area contributed by atoms with E-state index in [1.54, 1.807) is 6.92 Å².